The number of amides is 1. The van der Waals surface area contributed by atoms with E-state index in [4.69, 9.17) is 0 Å². The number of nitrogens with zero attached hydrogens (tertiary/aromatic N) is 2. The van der Waals surface area contributed by atoms with E-state index in [1.807, 2.05) is 47.2 Å². The van der Waals surface area contributed by atoms with Crippen LogP contribution in [0.1, 0.15) is 19.3 Å². The Morgan fingerprint density at radius 1 is 1.38 bits per heavy atom. The summed E-state index contributed by atoms with van der Waals surface area (Å²) in [5.41, 5.74) is 0.952. The number of carbonyl (C=O) groups is 2. The van der Waals surface area contributed by atoms with Crippen LogP contribution in [0, 0.1) is 0 Å². The van der Waals surface area contributed by atoms with Crippen LogP contribution in [0.3, 0.4) is 0 Å². The molecule has 5 heteroatoms. The molecule has 0 spiro atoms. The summed E-state index contributed by atoms with van der Waals surface area (Å²) in [5, 5.41) is 0. The molecule has 0 N–H and O–H groups in total. The fourth-order valence-corrected chi connectivity index (χ4v) is 2.67. The Bertz CT molecular complexity index is 490. The second-order valence-corrected chi connectivity index (χ2v) is 5.29. The summed E-state index contributed by atoms with van der Waals surface area (Å²) in [6, 6.07) is 9.64. The van der Waals surface area contributed by atoms with Crippen molar-refractivity contribution in [3.05, 3.63) is 30.3 Å². The smallest absolute Gasteiger partial charge is 0.305 e. The monoisotopic (exact) mass is 290 g/mol. The lowest BCUT2D eigenvalue weighted by Crippen LogP contribution is -2.40. The van der Waals surface area contributed by atoms with E-state index in [2.05, 4.69) is 4.74 Å². The van der Waals surface area contributed by atoms with Crippen molar-refractivity contribution >= 4 is 17.6 Å². The molecule has 1 aliphatic heterocycles. The van der Waals surface area contributed by atoms with Gasteiger partial charge in [0, 0.05) is 18.7 Å². The van der Waals surface area contributed by atoms with Crippen LogP contribution in [0.15, 0.2) is 30.3 Å². The number of benzene rings is 1. The average molecular weight is 290 g/mol. The number of ether oxygens (including phenoxy) is 1. The van der Waals surface area contributed by atoms with Gasteiger partial charge in [0.05, 0.1) is 13.2 Å². The predicted octanol–water partition coefficient (Wildman–Crippen LogP) is 1.68. The maximum atomic E-state index is 12.5. The van der Waals surface area contributed by atoms with Gasteiger partial charge in [-0.1, -0.05) is 18.2 Å². The lowest BCUT2D eigenvalue weighted by Gasteiger charge is -2.23. The molecule has 1 heterocycles. The molecule has 1 amide bonds. The second-order valence-electron chi connectivity index (χ2n) is 5.29. The molecular weight excluding hydrogens is 268 g/mol. The third-order valence-electron chi connectivity index (χ3n) is 3.90. The minimum absolute atomic E-state index is 0.0946. The molecule has 1 fully saturated rings. The Morgan fingerprint density at radius 3 is 2.76 bits per heavy atom. The molecule has 1 aliphatic rings. The summed E-state index contributed by atoms with van der Waals surface area (Å²) in [6.45, 7) is 1.46. The Balaban J connectivity index is 1.88. The van der Waals surface area contributed by atoms with Gasteiger partial charge in [-0.25, -0.2) is 0 Å². The largest absolute Gasteiger partial charge is 0.469 e. The Hall–Kier alpha value is -1.88. The zero-order valence-electron chi connectivity index (χ0n) is 12.6. The van der Waals surface area contributed by atoms with Crippen LogP contribution in [0.25, 0.3) is 0 Å². The Morgan fingerprint density at radius 2 is 2.10 bits per heavy atom. The molecule has 0 bridgehead atoms. The maximum Gasteiger partial charge on any atom is 0.305 e. The van der Waals surface area contributed by atoms with E-state index < -0.39 is 0 Å². The number of anilines is 1. The summed E-state index contributed by atoms with van der Waals surface area (Å²) in [6.07, 6.45) is 1.92. The van der Waals surface area contributed by atoms with Crippen LogP contribution in [0.4, 0.5) is 5.69 Å². The van der Waals surface area contributed by atoms with Gasteiger partial charge in [-0.15, -0.1) is 0 Å². The molecule has 1 saturated heterocycles. The van der Waals surface area contributed by atoms with E-state index in [-0.39, 0.29) is 17.9 Å². The third-order valence-corrected chi connectivity index (χ3v) is 3.90. The van der Waals surface area contributed by atoms with Crippen molar-refractivity contribution in [1.29, 1.82) is 0 Å². The topological polar surface area (TPSA) is 49.9 Å². The van der Waals surface area contributed by atoms with E-state index in [0.717, 1.165) is 18.7 Å². The van der Waals surface area contributed by atoms with Gasteiger partial charge in [0.2, 0.25) is 5.91 Å². The number of hydrogen-bond acceptors (Lipinski definition) is 4. The number of hydrogen-bond donors (Lipinski definition) is 0. The van der Waals surface area contributed by atoms with Crippen molar-refractivity contribution in [3.8, 4) is 0 Å². The number of esters is 1. The first kappa shape index (κ1) is 15.5. The minimum Gasteiger partial charge on any atom is -0.469 e. The van der Waals surface area contributed by atoms with Crippen LogP contribution in [0.5, 0.6) is 0 Å². The van der Waals surface area contributed by atoms with E-state index in [9.17, 15) is 9.59 Å². The summed E-state index contributed by atoms with van der Waals surface area (Å²) >= 11 is 0. The van der Waals surface area contributed by atoms with Crippen molar-refractivity contribution in [2.24, 2.45) is 0 Å². The lowest BCUT2D eigenvalue weighted by molar-refractivity contribution is -0.140. The van der Waals surface area contributed by atoms with Crippen LogP contribution in [-0.2, 0) is 14.3 Å². The van der Waals surface area contributed by atoms with Crippen LogP contribution in [-0.4, -0.2) is 50.1 Å². The fourth-order valence-electron chi connectivity index (χ4n) is 2.67. The first-order valence-electron chi connectivity index (χ1n) is 7.27. The molecule has 0 aromatic heterocycles. The summed E-state index contributed by atoms with van der Waals surface area (Å²) in [5.74, 6) is -0.0613. The number of rotatable bonds is 6. The molecule has 21 heavy (non-hydrogen) atoms. The molecule has 0 radical (unpaired) electrons. The highest BCUT2D eigenvalue weighted by Crippen LogP contribution is 2.23. The van der Waals surface area contributed by atoms with Gasteiger partial charge in [-0.2, -0.15) is 0 Å². The molecule has 114 valence electrons. The average Bonchev–Trinajstić information content (AvgIpc) is 2.89. The first-order chi connectivity index (χ1) is 10.1. The number of methoxy groups -OCH3 is 1. The molecule has 1 aromatic carbocycles. The molecule has 0 aliphatic carbocycles. The molecule has 0 saturated carbocycles. The van der Waals surface area contributed by atoms with Crippen LogP contribution in [0.2, 0.25) is 0 Å². The molecule has 5 nitrogen and oxygen atoms in total. The van der Waals surface area contributed by atoms with E-state index in [1.54, 1.807) is 0 Å². The zero-order chi connectivity index (χ0) is 15.2. The van der Waals surface area contributed by atoms with Gasteiger partial charge in [0.25, 0.3) is 0 Å². The highest BCUT2D eigenvalue weighted by atomic mass is 16.5. The summed E-state index contributed by atoms with van der Waals surface area (Å²) < 4.78 is 4.62. The number of carbonyl (C=O) groups excluding carboxylic acids is 2. The van der Waals surface area contributed by atoms with E-state index >= 15 is 0 Å². The number of likely N-dealkylation sites (N-methyl/N-ethyl adjacent to an activating group) is 1. The summed E-state index contributed by atoms with van der Waals surface area (Å²) in [4.78, 5) is 27.5. The van der Waals surface area contributed by atoms with Gasteiger partial charge in [-0.3, -0.25) is 14.5 Å². The first-order valence-corrected chi connectivity index (χ1v) is 7.27. The van der Waals surface area contributed by atoms with Crippen LogP contribution >= 0.6 is 0 Å². The lowest BCUT2D eigenvalue weighted by atomic mass is 10.2. The number of para-hydroxylation sites is 1. The van der Waals surface area contributed by atoms with Crippen molar-refractivity contribution in [3.63, 3.8) is 0 Å². The highest BCUT2D eigenvalue weighted by molar-refractivity contribution is 5.99. The van der Waals surface area contributed by atoms with Crippen molar-refractivity contribution < 1.29 is 14.3 Å². The predicted molar refractivity (Wildman–Crippen MR) is 81.1 cm³/mol. The van der Waals surface area contributed by atoms with E-state index in [0.29, 0.717) is 19.4 Å². The molecule has 1 aromatic rings. The van der Waals surface area contributed by atoms with Gasteiger partial charge in [0.1, 0.15) is 0 Å². The highest BCUT2D eigenvalue weighted by Gasteiger charge is 2.34. The van der Waals surface area contributed by atoms with Gasteiger partial charge in [0.15, 0.2) is 0 Å². The SMILES string of the molecule is COC(=O)CCCN(C)[C@H]1CCN(c2ccccc2)C1=O. The normalized spacial score (nSPS) is 18.3. The maximum absolute atomic E-state index is 12.5. The quantitative estimate of drug-likeness (QED) is 0.748. The Labute approximate surface area is 125 Å². The summed E-state index contributed by atoms with van der Waals surface area (Å²) in [7, 11) is 3.33. The van der Waals surface area contributed by atoms with Crippen molar-refractivity contribution in [1.82, 2.24) is 4.90 Å². The molecular formula is C16H22N2O3. The van der Waals surface area contributed by atoms with Gasteiger partial charge < -0.3 is 9.64 Å². The standard InChI is InChI=1S/C16H22N2O3/c1-17(11-6-9-15(19)21-2)14-10-12-18(16(14)20)13-7-4-3-5-8-13/h3-5,7-8,14H,6,9-12H2,1-2H3/t14-/m0/s1. The zero-order valence-corrected chi connectivity index (χ0v) is 12.6. The van der Waals surface area contributed by atoms with Gasteiger partial charge >= 0.3 is 5.97 Å². The molecule has 0 unspecified atom stereocenters. The second kappa shape index (κ2) is 7.22. The van der Waals surface area contributed by atoms with E-state index in [1.165, 1.54) is 7.11 Å². The van der Waals surface area contributed by atoms with Crippen LogP contribution < -0.4 is 4.90 Å². The Kier molecular flexibility index (Phi) is 5.33. The molecule has 1 atom stereocenters. The fraction of sp³-hybridized carbons (Fsp3) is 0.500. The van der Waals surface area contributed by atoms with Crippen molar-refractivity contribution in [2.75, 3.05) is 32.1 Å². The van der Waals surface area contributed by atoms with Crippen molar-refractivity contribution in [2.45, 2.75) is 25.3 Å². The minimum atomic E-state index is -0.202. The third kappa shape index (κ3) is 3.82. The van der Waals surface area contributed by atoms with Gasteiger partial charge in [-0.05, 0) is 38.6 Å². The molecule has 2 rings (SSSR count).